The number of hydrogen-bond donors (Lipinski definition) is 1. The lowest BCUT2D eigenvalue weighted by atomic mass is 9.84. The molecular formula is C19H21NO3S. The van der Waals surface area contributed by atoms with Crippen LogP contribution in [0.5, 0.6) is 11.5 Å². The monoisotopic (exact) mass is 343 g/mol. The van der Waals surface area contributed by atoms with Crippen molar-refractivity contribution in [1.82, 2.24) is 5.32 Å². The van der Waals surface area contributed by atoms with Crippen molar-refractivity contribution in [2.45, 2.75) is 37.2 Å². The standard InChI is InChI=1S/C19H21NO3S/c21-18(16-12-22-14-6-1-2-7-15(14)23-16)20-13-19(9-3-4-10-19)17-8-5-11-24-17/h1-2,5-8,11,16H,3-4,9-10,12-13H2,(H,20,21). The van der Waals surface area contributed by atoms with E-state index in [1.54, 1.807) is 11.3 Å². The number of amides is 1. The first-order valence-corrected chi connectivity index (χ1v) is 9.35. The van der Waals surface area contributed by atoms with Gasteiger partial charge in [0.1, 0.15) is 6.61 Å². The molecule has 2 heterocycles. The fourth-order valence-electron chi connectivity index (χ4n) is 3.66. The van der Waals surface area contributed by atoms with Crippen LogP contribution in [0, 0.1) is 0 Å². The van der Waals surface area contributed by atoms with E-state index in [2.05, 4.69) is 22.8 Å². The molecule has 24 heavy (non-hydrogen) atoms. The van der Waals surface area contributed by atoms with Crippen LogP contribution < -0.4 is 14.8 Å². The minimum atomic E-state index is -0.582. The lowest BCUT2D eigenvalue weighted by Gasteiger charge is -2.30. The van der Waals surface area contributed by atoms with E-state index in [-0.39, 0.29) is 17.9 Å². The quantitative estimate of drug-likeness (QED) is 0.924. The number of para-hydroxylation sites is 2. The number of benzene rings is 1. The van der Waals surface area contributed by atoms with Gasteiger partial charge in [-0.25, -0.2) is 0 Å². The summed E-state index contributed by atoms with van der Waals surface area (Å²) in [5.74, 6) is 1.25. The average Bonchev–Trinajstić information content (AvgIpc) is 3.31. The number of carbonyl (C=O) groups excluding carboxylic acids is 1. The summed E-state index contributed by atoms with van der Waals surface area (Å²) < 4.78 is 11.4. The van der Waals surface area contributed by atoms with Crippen molar-refractivity contribution in [2.75, 3.05) is 13.2 Å². The van der Waals surface area contributed by atoms with Crippen molar-refractivity contribution in [3.8, 4) is 11.5 Å². The van der Waals surface area contributed by atoms with Gasteiger partial charge in [0.25, 0.3) is 5.91 Å². The van der Waals surface area contributed by atoms with Crippen LogP contribution in [-0.2, 0) is 10.2 Å². The van der Waals surface area contributed by atoms with Crippen LogP contribution in [0.25, 0.3) is 0 Å². The molecule has 1 aliphatic carbocycles. The Labute approximate surface area is 145 Å². The zero-order valence-electron chi connectivity index (χ0n) is 13.5. The maximum atomic E-state index is 12.6. The third kappa shape index (κ3) is 2.88. The molecule has 1 aromatic carbocycles. The number of thiophene rings is 1. The summed E-state index contributed by atoms with van der Waals surface area (Å²) in [5.41, 5.74) is 0.0945. The van der Waals surface area contributed by atoms with Gasteiger partial charge in [-0.2, -0.15) is 0 Å². The van der Waals surface area contributed by atoms with Gasteiger partial charge in [-0.3, -0.25) is 4.79 Å². The van der Waals surface area contributed by atoms with E-state index in [1.807, 2.05) is 24.3 Å². The van der Waals surface area contributed by atoms with Crippen LogP contribution in [0.2, 0.25) is 0 Å². The molecule has 2 aromatic rings. The van der Waals surface area contributed by atoms with Gasteiger partial charge in [0.05, 0.1) is 0 Å². The maximum absolute atomic E-state index is 12.6. The van der Waals surface area contributed by atoms with Crippen molar-refractivity contribution >= 4 is 17.2 Å². The highest BCUT2D eigenvalue weighted by Gasteiger charge is 2.38. The van der Waals surface area contributed by atoms with Gasteiger partial charge in [0, 0.05) is 16.8 Å². The molecule has 0 bridgehead atoms. The smallest absolute Gasteiger partial charge is 0.264 e. The summed E-state index contributed by atoms with van der Waals surface area (Å²) in [5, 5.41) is 5.23. The van der Waals surface area contributed by atoms with E-state index >= 15 is 0 Å². The van der Waals surface area contributed by atoms with Crippen LogP contribution >= 0.6 is 11.3 Å². The predicted molar refractivity (Wildman–Crippen MR) is 93.8 cm³/mol. The predicted octanol–water partition coefficient (Wildman–Crippen LogP) is 3.52. The third-order valence-electron chi connectivity index (χ3n) is 5.01. The van der Waals surface area contributed by atoms with Gasteiger partial charge in [0.2, 0.25) is 6.10 Å². The number of ether oxygens (including phenoxy) is 2. The third-order valence-corrected chi connectivity index (χ3v) is 6.12. The normalized spacial score (nSPS) is 21.4. The fourth-order valence-corrected chi connectivity index (χ4v) is 4.65. The maximum Gasteiger partial charge on any atom is 0.264 e. The van der Waals surface area contributed by atoms with Gasteiger partial charge in [0.15, 0.2) is 11.5 Å². The van der Waals surface area contributed by atoms with E-state index in [0.29, 0.717) is 18.0 Å². The zero-order valence-corrected chi connectivity index (χ0v) is 14.3. The van der Waals surface area contributed by atoms with Gasteiger partial charge >= 0.3 is 0 Å². The Bertz CT molecular complexity index is 707. The van der Waals surface area contributed by atoms with Crippen molar-refractivity contribution in [2.24, 2.45) is 0 Å². The minimum absolute atomic E-state index is 0.0904. The molecule has 5 heteroatoms. The summed E-state index contributed by atoms with van der Waals surface area (Å²) in [6.07, 6.45) is 4.15. The number of hydrogen-bond acceptors (Lipinski definition) is 4. The molecule has 1 saturated carbocycles. The Morgan fingerprint density at radius 3 is 2.71 bits per heavy atom. The molecule has 4 nitrogen and oxygen atoms in total. The van der Waals surface area contributed by atoms with Gasteiger partial charge in [-0.05, 0) is 36.4 Å². The number of carbonyl (C=O) groups is 1. The highest BCUT2D eigenvalue weighted by Crippen LogP contribution is 2.42. The van der Waals surface area contributed by atoms with Crippen molar-refractivity contribution < 1.29 is 14.3 Å². The van der Waals surface area contributed by atoms with Crippen LogP contribution in [0.1, 0.15) is 30.6 Å². The average molecular weight is 343 g/mol. The number of fused-ring (bicyclic) bond motifs is 1. The number of nitrogens with one attached hydrogen (secondary N) is 1. The van der Waals surface area contributed by atoms with Gasteiger partial charge in [-0.1, -0.05) is 31.0 Å². The molecule has 1 aromatic heterocycles. The van der Waals surface area contributed by atoms with Gasteiger partial charge in [-0.15, -0.1) is 11.3 Å². The van der Waals surface area contributed by atoms with Crippen molar-refractivity contribution in [3.63, 3.8) is 0 Å². The summed E-state index contributed by atoms with van der Waals surface area (Å²) in [4.78, 5) is 13.9. The van der Waals surface area contributed by atoms with Crippen LogP contribution in [0.15, 0.2) is 41.8 Å². The highest BCUT2D eigenvalue weighted by molar-refractivity contribution is 7.10. The molecular weight excluding hydrogens is 322 g/mol. The molecule has 0 saturated heterocycles. The van der Waals surface area contributed by atoms with E-state index in [1.165, 1.54) is 17.7 Å². The first kappa shape index (κ1) is 15.5. The molecule has 0 spiro atoms. The zero-order chi connectivity index (χ0) is 16.4. The molecule has 1 aliphatic heterocycles. The Morgan fingerprint density at radius 2 is 1.96 bits per heavy atom. The van der Waals surface area contributed by atoms with Crippen LogP contribution in [-0.4, -0.2) is 25.2 Å². The SMILES string of the molecule is O=C(NCC1(c2cccs2)CCCC1)C1COc2ccccc2O1. The lowest BCUT2D eigenvalue weighted by Crippen LogP contribution is -2.47. The Kier molecular flexibility index (Phi) is 4.19. The molecule has 2 aliphatic rings. The summed E-state index contributed by atoms with van der Waals surface area (Å²) >= 11 is 1.79. The lowest BCUT2D eigenvalue weighted by molar-refractivity contribution is -0.130. The topological polar surface area (TPSA) is 47.6 Å². The summed E-state index contributed by atoms with van der Waals surface area (Å²) in [6, 6.07) is 11.8. The minimum Gasteiger partial charge on any atom is -0.485 e. The number of rotatable bonds is 4. The Hall–Kier alpha value is -2.01. The molecule has 4 rings (SSSR count). The molecule has 1 atom stereocenters. The molecule has 1 fully saturated rings. The van der Waals surface area contributed by atoms with Crippen molar-refractivity contribution in [1.29, 1.82) is 0 Å². The second-order valence-electron chi connectivity index (χ2n) is 6.55. The highest BCUT2D eigenvalue weighted by atomic mass is 32.1. The molecule has 0 radical (unpaired) electrons. The van der Waals surface area contributed by atoms with Crippen molar-refractivity contribution in [3.05, 3.63) is 46.7 Å². The molecule has 1 N–H and O–H groups in total. The molecule has 1 amide bonds. The summed E-state index contributed by atoms with van der Waals surface area (Å²) in [6.45, 7) is 0.933. The van der Waals surface area contributed by atoms with E-state index in [9.17, 15) is 4.79 Å². The van der Waals surface area contributed by atoms with Gasteiger partial charge < -0.3 is 14.8 Å². The second-order valence-corrected chi connectivity index (χ2v) is 7.49. The first-order chi connectivity index (χ1) is 11.8. The summed E-state index contributed by atoms with van der Waals surface area (Å²) in [7, 11) is 0. The Morgan fingerprint density at radius 1 is 1.17 bits per heavy atom. The van der Waals surface area contributed by atoms with Crippen LogP contribution in [0.4, 0.5) is 0 Å². The van der Waals surface area contributed by atoms with E-state index in [0.717, 1.165) is 12.8 Å². The Balaban J connectivity index is 1.42. The second kappa shape index (κ2) is 6.48. The van der Waals surface area contributed by atoms with E-state index < -0.39 is 6.10 Å². The fraction of sp³-hybridized carbons (Fsp3) is 0.421. The van der Waals surface area contributed by atoms with E-state index in [4.69, 9.17) is 9.47 Å². The largest absolute Gasteiger partial charge is 0.485 e. The molecule has 1 unspecified atom stereocenters. The van der Waals surface area contributed by atoms with Crippen LogP contribution in [0.3, 0.4) is 0 Å². The first-order valence-electron chi connectivity index (χ1n) is 8.47. The molecule has 126 valence electrons.